The largest absolute Gasteiger partial charge is 0.465 e. The molecule has 1 aliphatic carbocycles. The highest BCUT2D eigenvalue weighted by molar-refractivity contribution is 7.16. The predicted octanol–water partition coefficient (Wildman–Crippen LogP) is 3.94. The molecule has 1 aliphatic rings. The van der Waals surface area contributed by atoms with Gasteiger partial charge >= 0.3 is 5.97 Å². The van der Waals surface area contributed by atoms with Crippen LogP contribution in [0.15, 0.2) is 18.2 Å². The number of nitro groups is 1. The van der Waals surface area contributed by atoms with Crippen molar-refractivity contribution in [1.82, 2.24) is 0 Å². The second kappa shape index (κ2) is 6.91. The number of rotatable bonds is 4. The van der Waals surface area contributed by atoms with Crippen LogP contribution >= 0.6 is 11.3 Å². The summed E-state index contributed by atoms with van der Waals surface area (Å²) in [5.74, 6) is -0.446. The quantitative estimate of drug-likeness (QED) is 0.505. The summed E-state index contributed by atoms with van der Waals surface area (Å²) in [6, 6.07) is 6.09. The first kappa shape index (κ1) is 16.9. The maximum Gasteiger partial charge on any atom is 0.341 e. The molecule has 0 aliphatic heterocycles. The fourth-order valence-corrected chi connectivity index (χ4v) is 4.24. The molecule has 0 radical (unpaired) electrons. The number of benzene rings is 1. The number of carbonyl (C=O) groups is 1. The standard InChI is InChI=1S/C17H15N3O4S/c1-24-17(21)15-11-4-2-3-5-14(11)25-16(15)19-12-7-6-10(9-18)8-13(12)20(22)23/h6-8,19H,2-5H2,1H3. The third-order valence-electron chi connectivity index (χ3n) is 4.13. The molecule has 128 valence electrons. The second-order valence-corrected chi connectivity index (χ2v) is 6.74. The van der Waals surface area contributed by atoms with Crippen molar-refractivity contribution < 1.29 is 14.5 Å². The van der Waals surface area contributed by atoms with Crippen LogP contribution in [0.25, 0.3) is 0 Å². The van der Waals surface area contributed by atoms with Crippen molar-refractivity contribution in [3.8, 4) is 6.07 Å². The monoisotopic (exact) mass is 357 g/mol. The van der Waals surface area contributed by atoms with Gasteiger partial charge in [0.15, 0.2) is 0 Å². The minimum absolute atomic E-state index is 0.205. The number of esters is 1. The van der Waals surface area contributed by atoms with Crippen LogP contribution in [0.1, 0.15) is 39.2 Å². The zero-order valence-electron chi connectivity index (χ0n) is 13.5. The second-order valence-electron chi connectivity index (χ2n) is 5.63. The van der Waals surface area contributed by atoms with Crippen molar-refractivity contribution in [1.29, 1.82) is 5.26 Å². The van der Waals surface area contributed by atoms with Crippen LogP contribution in [0, 0.1) is 21.4 Å². The van der Waals surface area contributed by atoms with Gasteiger partial charge in [-0.2, -0.15) is 5.26 Å². The minimum Gasteiger partial charge on any atom is -0.465 e. The number of hydrogen-bond donors (Lipinski definition) is 1. The summed E-state index contributed by atoms with van der Waals surface area (Å²) in [6.07, 6.45) is 3.75. The Morgan fingerprint density at radius 2 is 2.16 bits per heavy atom. The van der Waals surface area contributed by atoms with E-state index in [0.717, 1.165) is 36.1 Å². The van der Waals surface area contributed by atoms with Crippen molar-refractivity contribution in [3.05, 3.63) is 49.9 Å². The molecule has 1 N–H and O–H groups in total. The molecular formula is C17H15N3O4S. The lowest BCUT2D eigenvalue weighted by Crippen LogP contribution is -2.09. The van der Waals surface area contributed by atoms with Gasteiger partial charge in [0.1, 0.15) is 10.7 Å². The number of aryl methyl sites for hydroxylation is 1. The number of methoxy groups -OCH3 is 1. The molecule has 1 aromatic carbocycles. The first-order chi connectivity index (χ1) is 12.0. The predicted molar refractivity (Wildman–Crippen MR) is 93.4 cm³/mol. The van der Waals surface area contributed by atoms with E-state index in [1.807, 2.05) is 6.07 Å². The molecule has 1 heterocycles. The SMILES string of the molecule is COC(=O)c1c(Nc2ccc(C#N)cc2[N+](=O)[O-])sc2c1CCCC2. The van der Waals surface area contributed by atoms with Crippen molar-refractivity contribution in [3.63, 3.8) is 0 Å². The molecule has 0 atom stereocenters. The molecular weight excluding hydrogens is 342 g/mol. The molecule has 1 aromatic heterocycles. The van der Waals surface area contributed by atoms with Gasteiger partial charge in [-0.05, 0) is 43.4 Å². The average Bonchev–Trinajstić information content (AvgIpc) is 2.99. The Morgan fingerprint density at radius 1 is 1.40 bits per heavy atom. The maximum atomic E-state index is 12.2. The zero-order valence-corrected chi connectivity index (χ0v) is 14.3. The van der Waals surface area contributed by atoms with Crippen LogP contribution in [-0.2, 0) is 17.6 Å². The molecule has 0 fully saturated rings. The molecule has 0 unspecified atom stereocenters. The number of nitriles is 1. The third-order valence-corrected chi connectivity index (χ3v) is 5.34. The van der Waals surface area contributed by atoms with Gasteiger partial charge in [-0.3, -0.25) is 10.1 Å². The molecule has 25 heavy (non-hydrogen) atoms. The van der Waals surface area contributed by atoms with Crippen LogP contribution in [-0.4, -0.2) is 18.0 Å². The lowest BCUT2D eigenvalue weighted by Gasteiger charge is -2.12. The number of ether oxygens (including phenoxy) is 1. The molecule has 7 nitrogen and oxygen atoms in total. The highest BCUT2D eigenvalue weighted by atomic mass is 32.1. The smallest absolute Gasteiger partial charge is 0.341 e. The fourth-order valence-electron chi connectivity index (χ4n) is 2.95. The minimum atomic E-state index is -0.547. The zero-order chi connectivity index (χ0) is 18.0. The van der Waals surface area contributed by atoms with Gasteiger partial charge in [0.2, 0.25) is 0 Å². The third kappa shape index (κ3) is 3.19. The van der Waals surface area contributed by atoms with Gasteiger partial charge in [0.25, 0.3) is 5.69 Å². The Balaban J connectivity index is 2.07. The number of carbonyl (C=O) groups excluding carboxylic acids is 1. The van der Waals surface area contributed by atoms with E-state index in [4.69, 9.17) is 10.00 Å². The van der Waals surface area contributed by atoms with E-state index in [0.29, 0.717) is 10.6 Å². The van der Waals surface area contributed by atoms with E-state index < -0.39 is 10.9 Å². The number of fused-ring (bicyclic) bond motifs is 1. The van der Waals surface area contributed by atoms with Crippen molar-refractivity contribution >= 4 is 33.7 Å². The van der Waals surface area contributed by atoms with E-state index >= 15 is 0 Å². The average molecular weight is 357 g/mol. The molecule has 0 bridgehead atoms. The van der Waals surface area contributed by atoms with E-state index in [2.05, 4.69) is 5.32 Å². The summed E-state index contributed by atoms with van der Waals surface area (Å²) in [4.78, 5) is 24.1. The van der Waals surface area contributed by atoms with Crippen molar-refractivity contribution in [2.75, 3.05) is 12.4 Å². The number of nitrogens with zero attached hydrogens (tertiary/aromatic N) is 2. The van der Waals surface area contributed by atoms with Crippen molar-refractivity contribution in [2.24, 2.45) is 0 Å². The van der Waals surface area contributed by atoms with Crippen LogP contribution < -0.4 is 5.32 Å². The van der Waals surface area contributed by atoms with Gasteiger partial charge in [-0.25, -0.2) is 4.79 Å². The van der Waals surface area contributed by atoms with Crippen LogP contribution in [0.3, 0.4) is 0 Å². The Labute approximate surface area is 148 Å². The summed E-state index contributed by atoms with van der Waals surface area (Å²) in [5.41, 5.74) is 1.67. The molecule has 0 saturated heterocycles. The Hall–Kier alpha value is -2.92. The summed E-state index contributed by atoms with van der Waals surface area (Å²) < 4.78 is 4.90. The van der Waals surface area contributed by atoms with Gasteiger partial charge in [-0.15, -0.1) is 11.3 Å². The molecule has 0 spiro atoms. The molecule has 8 heteroatoms. The molecule has 0 amide bonds. The van der Waals surface area contributed by atoms with E-state index in [1.54, 1.807) is 0 Å². The van der Waals surface area contributed by atoms with Gasteiger partial charge in [0, 0.05) is 10.9 Å². The fraction of sp³-hybridized carbons (Fsp3) is 0.294. The number of thiophene rings is 1. The maximum absolute atomic E-state index is 12.2. The van der Waals surface area contributed by atoms with Crippen LogP contribution in [0.2, 0.25) is 0 Å². The molecule has 2 aromatic rings. The van der Waals surface area contributed by atoms with Crippen LogP contribution in [0.4, 0.5) is 16.4 Å². The molecule has 0 saturated carbocycles. The molecule has 3 rings (SSSR count). The number of hydrogen-bond acceptors (Lipinski definition) is 7. The van der Waals surface area contributed by atoms with E-state index in [9.17, 15) is 14.9 Å². The van der Waals surface area contributed by atoms with E-state index in [-0.39, 0.29) is 16.9 Å². The summed E-state index contributed by atoms with van der Waals surface area (Å²) in [5, 5.41) is 23.8. The first-order valence-electron chi connectivity index (χ1n) is 7.73. The highest BCUT2D eigenvalue weighted by Crippen LogP contribution is 2.41. The van der Waals surface area contributed by atoms with Gasteiger partial charge < -0.3 is 10.1 Å². The van der Waals surface area contributed by atoms with Crippen molar-refractivity contribution in [2.45, 2.75) is 25.7 Å². The lowest BCUT2D eigenvalue weighted by atomic mass is 9.95. The Bertz CT molecular complexity index is 898. The van der Waals surface area contributed by atoms with Gasteiger partial charge in [0.05, 0.1) is 29.2 Å². The summed E-state index contributed by atoms with van der Waals surface area (Å²) in [7, 11) is 1.32. The topological polar surface area (TPSA) is 105 Å². The Kier molecular flexibility index (Phi) is 4.67. The number of nitro benzene ring substituents is 1. The first-order valence-corrected chi connectivity index (χ1v) is 8.55. The lowest BCUT2D eigenvalue weighted by molar-refractivity contribution is -0.383. The Morgan fingerprint density at radius 3 is 2.84 bits per heavy atom. The summed E-state index contributed by atoms with van der Waals surface area (Å²) in [6.45, 7) is 0. The highest BCUT2D eigenvalue weighted by Gasteiger charge is 2.27. The van der Waals surface area contributed by atoms with E-state index in [1.165, 1.54) is 36.6 Å². The van der Waals surface area contributed by atoms with Gasteiger partial charge in [-0.1, -0.05) is 0 Å². The normalized spacial score (nSPS) is 12.8. The number of nitrogens with one attached hydrogen (secondary N) is 1. The summed E-state index contributed by atoms with van der Waals surface area (Å²) >= 11 is 1.43. The van der Waals surface area contributed by atoms with Crippen LogP contribution in [0.5, 0.6) is 0 Å². The number of anilines is 2.